The molecule has 0 spiro atoms. The largest absolute Gasteiger partial charge is 0.423 e. The van der Waals surface area contributed by atoms with Gasteiger partial charge in [-0.05, 0) is 44.5 Å². The summed E-state index contributed by atoms with van der Waals surface area (Å²) in [5, 5.41) is 10.3. The maximum Gasteiger partial charge on any atom is 0.272 e. The van der Waals surface area contributed by atoms with E-state index in [0.717, 1.165) is 0 Å². The number of aryl methyl sites for hydroxylation is 1. The molecule has 2 N–H and O–H groups in total. The molecule has 0 saturated heterocycles. The third kappa shape index (κ3) is 2.83. The van der Waals surface area contributed by atoms with Crippen molar-refractivity contribution in [3.05, 3.63) is 53.2 Å². The van der Waals surface area contributed by atoms with Crippen molar-refractivity contribution in [2.24, 2.45) is 0 Å². The Kier molecular flexibility index (Phi) is 3.99. The second-order valence-electron chi connectivity index (χ2n) is 5.46. The summed E-state index contributed by atoms with van der Waals surface area (Å²) in [5.74, 6) is -0.0127. The lowest BCUT2D eigenvalue weighted by atomic mass is 10.1. The van der Waals surface area contributed by atoms with Crippen LogP contribution < -0.4 is 5.32 Å². The number of aromatic nitrogens is 3. The monoisotopic (exact) mass is 324 g/mol. The van der Waals surface area contributed by atoms with Crippen molar-refractivity contribution in [1.82, 2.24) is 15.2 Å². The number of hydrogen-bond acceptors (Lipinski definition) is 5. The molecular formula is C17H16N4O3. The number of amides is 1. The normalized spacial score (nSPS) is 10.6. The fourth-order valence-electron chi connectivity index (χ4n) is 2.73. The molecule has 3 rings (SSSR count). The van der Waals surface area contributed by atoms with Gasteiger partial charge in [-0.1, -0.05) is 6.07 Å². The first kappa shape index (κ1) is 15.7. The number of carbonyl (C=O) groups is 2. The molecule has 7 nitrogen and oxygen atoms in total. The predicted octanol–water partition coefficient (Wildman–Crippen LogP) is 3.14. The van der Waals surface area contributed by atoms with E-state index in [0.29, 0.717) is 39.7 Å². The number of nitrogens with one attached hydrogen (secondary N) is 2. The van der Waals surface area contributed by atoms with Crippen molar-refractivity contribution in [2.45, 2.75) is 20.8 Å². The number of Topliss-reactive ketones (excluding diaryl/α,β-unsaturated/α-hetero) is 1. The fourth-order valence-corrected chi connectivity index (χ4v) is 2.73. The minimum atomic E-state index is -0.314. The molecule has 1 amide bonds. The quantitative estimate of drug-likeness (QED) is 0.718. The van der Waals surface area contributed by atoms with Crippen molar-refractivity contribution in [1.29, 1.82) is 0 Å². The molecule has 3 aromatic rings. The van der Waals surface area contributed by atoms with Gasteiger partial charge in [0.2, 0.25) is 12.3 Å². The van der Waals surface area contributed by atoms with Gasteiger partial charge in [-0.15, -0.1) is 10.2 Å². The number of nitrogens with zero attached hydrogens (tertiary/aromatic N) is 2. The molecule has 0 aliphatic rings. The van der Waals surface area contributed by atoms with Gasteiger partial charge in [0, 0.05) is 22.5 Å². The molecule has 0 fully saturated rings. The van der Waals surface area contributed by atoms with Gasteiger partial charge in [0.25, 0.3) is 5.91 Å². The highest BCUT2D eigenvalue weighted by molar-refractivity contribution is 6.07. The van der Waals surface area contributed by atoms with Gasteiger partial charge in [-0.3, -0.25) is 9.59 Å². The number of carbonyl (C=O) groups excluding carboxylic acids is 2. The van der Waals surface area contributed by atoms with Crippen LogP contribution in [0, 0.1) is 13.8 Å². The topological polar surface area (TPSA) is 101 Å². The Morgan fingerprint density at radius 1 is 1.25 bits per heavy atom. The van der Waals surface area contributed by atoms with E-state index in [1.807, 2.05) is 0 Å². The van der Waals surface area contributed by atoms with E-state index in [-0.39, 0.29) is 11.7 Å². The van der Waals surface area contributed by atoms with Gasteiger partial charge in [0.05, 0.1) is 0 Å². The van der Waals surface area contributed by atoms with Gasteiger partial charge in [-0.2, -0.15) is 0 Å². The molecule has 0 aliphatic carbocycles. The minimum Gasteiger partial charge on any atom is -0.423 e. The molecule has 7 heteroatoms. The van der Waals surface area contributed by atoms with Crippen LogP contribution in [0.25, 0.3) is 11.5 Å². The lowest BCUT2D eigenvalue weighted by Gasteiger charge is -2.06. The third-order valence-corrected chi connectivity index (χ3v) is 3.74. The van der Waals surface area contributed by atoms with Crippen LogP contribution in [0.4, 0.5) is 5.69 Å². The highest BCUT2D eigenvalue weighted by Gasteiger charge is 2.20. The van der Waals surface area contributed by atoms with Gasteiger partial charge in [0.15, 0.2) is 5.78 Å². The van der Waals surface area contributed by atoms with Gasteiger partial charge < -0.3 is 14.7 Å². The first-order valence-electron chi connectivity index (χ1n) is 7.35. The van der Waals surface area contributed by atoms with Crippen molar-refractivity contribution in [2.75, 3.05) is 5.32 Å². The van der Waals surface area contributed by atoms with E-state index in [1.165, 1.54) is 13.3 Å². The second-order valence-corrected chi connectivity index (χ2v) is 5.46. The summed E-state index contributed by atoms with van der Waals surface area (Å²) in [6, 6.07) is 7.08. The number of anilines is 1. The molecule has 2 aromatic heterocycles. The molecule has 0 bridgehead atoms. The average Bonchev–Trinajstić information content (AvgIpc) is 3.15. The summed E-state index contributed by atoms with van der Waals surface area (Å²) in [6.45, 7) is 5.01. The summed E-state index contributed by atoms with van der Waals surface area (Å²) < 4.78 is 5.15. The Morgan fingerprint density at radius 2 is 2.04 bits per heavy atom. The van der Waals surface area contributed by atoms with Crippen molar-refractivity contribution in [3.8, 4) is 11.5 Å². The maximum absolute atomic E-state index is 12.5. The number of benzene rings is 1. The predicted molar refractivity (Wildman–Crippen MR) is 88.0 cm³/mol. The first-order valence-corrected chi connectivity index (χ1v) is 7.35. The SMILES string of the molecule is CC(=O)c1c(C)[nH]c(C(=O)Nc2cccc(-c3nnco3)c2)c1C. The van der Waals surface area contributed by atoms with E-state index in [2.05, 4.69) is 20.5 Å². The van der Waals surface area contributed by atoms with Crippen LogP contribution in [-0.2, 0) is 0 Å². The van der Waals surface area contributed by atoms with E-state index in [4.69, 9.17) is 4.42 Å². The maximum atomic E-state index is 12.5. The molecule has 2 heterocycles. The zero-order valence-corrected chi connectivity index (χ0v) is 13.5. The van der Waals surface area contributed by atoms with Crippen LogP contribution >= 0.6 is 0 Å². The molecule has 0 aliphatic heterocycles. The number of H-pyrrole nitrogens is 1. The Bertz CT molecular complexity index is 910. The molecule has 0 atom stereocenters. The Balaban J connectivity index is 1.87. The molecular weight excluding hydrogens is 308 g/mol. The van der Waals surface area contributed by atoms with Crippen molar-refractivity contribution < 1.29 is 14.0 Å². The molecule has 1 aromatic carbocycles. The average molecular weight is 324 g/mol. The summed E-state index contributed by atoms with van der Waals surface area (Å²) >= 11 is 0. The molecule has 24 heavy (non-hydrogen) atoms. The van der Waals surface area contributed by atoms with E-state index in [1.54, 1.807) is 38.1 Å². The van der Waals surface area contributed by atoms with Gasteiger partial charge in [0.1, 0.15) is 5.69 Å². The summed E-state index contributed by atoms with van der Waals surface area (Å²) in [5.41, 5.74) is 3.55. The Hall–Kier alpha value is -3.22. The highest BCUT2D eigenvalue weighted by Crippen LogP contribution is 2.22. The smallest absolute Gasteiger partial charge is 0.272 e. The van der Waals surface area contributed by atoms with Crippen LogP contribution in [0.3, 0.4) is 0 Å². The number of aromatic amines is 1. The summed E-state index contributed by atoms with van der Waals surface area (Å²) in [7, 11) is 0. The molecule has 122 valence electrons. The first-order chi connectivity index (χ1) is 11.5. The van der Waals surface area contributed by atoms with E-state index in [9.17, 15) is 9.59 Å². The van der Waals surface area contributed by atoms with Crippen LogP contribution in [0.15, 0.2) is 35.1 Å². The number of ketones is 1. The number of hydrogen-bond donors (Lipinski definition) is 2. The van der Waals surface area contributed by atoms with E-state index < -0.39 is 0 Å². The highest BCUT2D eigenvalue weighted by atomic mass is 16.4. The Morgan fingerprint density at radius 3 is 2.67 bits per heavy atom. The molecule has 0 radical (unpaired) electrons. The van der Waals surface area contributed by atoms with Crippen molar-refractivity contribution in [3.63, 3.8) is 0 Å². The van der Waals surface area contributed by atoms with Crippen LogP contribution in [0.5, 0.6) is 0 Å². The zero-order chi connectivity index (χ0) is 17.3. The van der Waals surface area contributed by atoms with Gasteiger partial charge >= 0.3 is 0 Å². The number of rotatable bonds is 4. The Labute approximate surface area is 138 Å². The zero-order valence-electron chi connectivity index (χ0n) is 13.5. The standard InChI is InChI=1S/C17H16N4O3/c1-9-14(11(3)22)10(2)19-15(9)16(23)20-13-6-4-5-12(7-13)17-21-18-8-24-17/h4-8,19H,1-3H3,(H,20,23). The van der Waals surface area contributed by atoms with Crippen LogP contribution in [0.2, 0.25) is 0 Å². The third-order valence-electron chi connectivity index (χ3n) is 3.74. The second kappa shape index (κ2) is 6.11. The van der Waals surface area contributed by atoms with E-state index >= 15 is 0 Å². The molecule has 0 unspecified atom stereocenters. The minimum absolute atomic E-state index is 0.0707. The summed E-state index contributed by atoms with van der Waals surface area (Å²) in [4.78, 5) is 27.2. The lowest BCUT2D eigenvalue weighted by molar-refractivity contribution is 0.101. The van der Waals surface area contributed by atoms with Gasteiger partial charge in [-0.25, -0.2) is 0 Å². The molecule has 0 saturated carbocycles. The summed E-state index contributed by atoms with van der Waals surface area (Å²) in [6.07, 6.45) is 1.24. The van der Waals surface area contributed by atoms with Crippen LogP contribution in [-0.4, -0.2) is 26.9 Å². The fraction of sp³-hybridized carbons (Fsp3) is 0.176. The van der Waals surface area contributed by atoms with Crippen molar-refractivity contribution >= 4 is 17.4 Å². The van der Waals surface area contributed by atoms with Crippen LogP contribution in [0.1, 0.15) is 39.0 Å². The lowest BCUT2D eigenvalue weighted by Crippen LogP contribution is -2.14.